The fourth-order valence-corrected chi connectivity index (χ4v) is 9.51. The standard InChI is InChI=1S/C63H47N.CH4/c1-5-16-45(17-6-1)42-56-44-61-60-43-54(49-21-9-3-10-22-49)36-39-62(60)64(63(61)59-27-14-13-26-58(56)59)57-37-34-53(35-38-57)52-32-29-47(30-33-52)41-55(50-23-11-4-12-24-50)40-46-18-15-25-51(31-28-46)48-19-7-2-8-20-48;/h1-17,19-40,43-44H,18,41-42H2;1H4/b55-40-;. The Morgan fingerprint density at radius 3 is 1.75 bits per heavy atom. The highest BCUT2D eigenvalue weighted by atomic mass is 15.0. The van der Waals surface area contributed by atoms with Crippen LogP contribution in [0.15, 0.2) is 254 Å². The van der Waals surface area contributed by atoms with Gasteiger partial charge in [0.2, 0.25) is 0 Å². The third-order valence-electron chi connectivity index (χ3n) is 12.7. The molecule has 1 heterocycles. The van der Waals surface area contributed by atoms with Crippen LogP contribution in [-0.4, -0.2) is 4.57 Å². The van der Waals surface area contributed by atoms with E-state index >= 15 is 0 Å². The highest BCUT2D eigenvalue weighted by Crippen LogP contribution is 2.41. The summed E-state index contributed by atoms with van der Waals surface area (Å²) in [6, 6.07) is 79.7. The Morgan fingerprint density at radius 2 is 1.05 bits per heavy atom. The van der Waals surface area contributed by atoms with Gasteiger partial charge < -0.3 is 4.57 Å². The first-order chi connectivity index (χ1) is 31.7. The monoisotopic (exact) mass is 833 g/mol. The molecule has 1 heteroatoms. The van der Waals surface area contributed by atoms with Crippen LogP contribution in [0.1, 0.15) is 41.7 Å². The van der Waals surface area contributed by atoms with Crippen LogP contribution in [-0.2, 0) is 12.8 Å². The molecule has 10 aromatic rings. The molecule has 1 aliphatic rings. The molecule has 0 bridgehead atoms. The summed E-state index contributed by atoms with van der Waals surface area (Å²) >= 11 is 0. The van der Waals surface area contributed by atoms with Crippen molar-refractivity contribution < 1.29 is 0 Å². The van der Waals surface area contributed by atoms with Crippen LogP contribution in [0.25, 0.3) is 71.7 Å². The molecule has 0 saturated carbocycles. The number of fused-ring (bicyclic) bond motifs is 5. The Balaban J connectivity index is 0.00000498. The maximum Gasteiger partial charge on any atom is 0.0619 e. The lowest BCUT2D eigenvalue weighted by atomic mass is 9.94. The minimum atomic E-state index is 0. The molecule has 0 unspecified atom stereocenters. The molecule has 0 saturated heterocycles. The van der Waals surface area contributed by atoms with Crippen LogP contribution in [0, 0.1) is 0 Å². The van der Waals surface area contributed by atoms with Gasteiger partial charge in [0.1, 0.15) is 0 Å². The number of rotatable bonds is 10. The zero-order valence-corrected chi connectivity index (χ0v) is 35.7. The van der Waals surface area contributed by atoms with Crippen LogP contribution in [0.5, 0.6) is 0 Å². The van der Waals surface area contributed by atoms with Crippen LogP contribution in [0.3, 0.4) is 0 Å². The Hall–Kier alpha value is -8.00. The quantitative estimate of drug-likeness (QED) is 0.129. The average Bonchev–Trinajstić information content (AvgIpc) is 3.50. The summed E-state index contributed by atoms with van der Waals surface area (Å²) in [5.41, 5.74) is 18.8. The third kappa shape index (κ3) is 8.45. The van der Waals surface area contributed by atoms with Gasteiger partial charge in [-0.1, -0.05) is 226 Å². The molecule has 1 nitrogen and oxygen atoms in total. The van der Waals surface area contributed by atoms with E-state index in [4.69, 9.17) is 0 Å². The molecule has 0 aliphatic heterocycles. The van der Waals surface area contributed by atoms with E-state index < -0.39 is 0 Å². The SMILES string of the molecule is C.C1=CC(c2ccccc2)=CC=C(/C=C(/Cc2ccc(-c3ccc(-n4c5ccc(-c6ccccc6)cc5c5cc(Cc6ccccc6)c6ccccc6c54)cc3)cc2)c2ccccc2)C1. The van der Waals surface area contributed by atoms with E-state index in [1.807, 2.05) is 0 Å². The van der Waals surface area contributed by atoms with Crippen molar-refractivity contribution in [1.82, 2.24) is 4.57 Å². The first-order valence-corrected chi connectivity index (χ1v) is 22.4. The van der Waals surface area contributed by atoms with Crippen molar-refractivity contribution in [2.45, 2.75) is 26.7 Å². The molecule has 0 amide bonds. The first kappa shape index (κ1) is 41.0. The topological polar surface area (TPSA) is 4.93 Å². The highest BCUT2D eigenvalue weighted by molar-refractivity contribution is 6.20. The maximum absolute atomic E-state index is 2.48. The Labute approximate surface area is 383 Å². The minimum Gasteiger partial charge on any atom is -0.309 e. The van der Waals surface area contributed by atoms with E-state index in [-0.39, 0.29) is 7.43 Å². The van der Waals surface area contributed by atoms with Gasteiger partial charge in [-0.3, -0.25) is 0 Å². The summed E-state index contributed by atoms with van der Waals surface area (Å²) in [6.07, 6.45) is 14.1. The van der Waals surface area contributed by atoms with E-state index in [0.29, 0.717) is 0 Å². The van der Waals surface area contributed by atoms with Crippen molar-refractivity contribution >= 4 is 43.7 Å². The predicted octanol–water partition coefficient (Wildman–Crippen LogP) is 17.1. The molecule has 65 heavy (non-hydrogen) atoms. The molecule has 0 fully saturated rings. The molecule has 1 aliphatic carbocycles. The van der Waals surface area contributed by atoms with Gasteiger partial charge in [0, 0.05) is 21.8 Å². The second-order valence-electron chi connectivity index (χ2n) is 16.9. The maximum atomic E-state index is 2.48. The second kappa shape index (κ2) is 18.4. The number of nitrogens with zero attached hydrogens (tertiary/aromatic N) is 1. The molecule has 0 radical (unpaired) electrons. The molecule has 0 spiro atoms. The average molecular weight is 834 g/mol. The largest absolute Gasteiger partial charge is 0.309 e. The van der Waals surface area contributed by atoms with Crippen molar-refractivity contribution in [2.24, 2.45) is 0 Å². The van der Waals surface area contributed by atoms with Crippen molar-refractivity contribution in [3.05, 3.63) is 282 Å². The highest BCUT2D eigenvalue weighted by Gasteiger charge is 2.19. The molecule has 0 atom stereocenters. The smallest absolute Gasteiger partial charge is 0.0619 e. The lowest BCUT2D eigenvalue weighted by molar-refractivity contribution is 1.18. The number of allylic oxidation sites excluding steroid dienone is 8. The second-order valence-corrected chi connectivity index (χ2v) is 16.9. The molecule has 9 aromatic carbocycles. The van der Waals surface area contributed by atoms with Crippen LogP contribution in [0.4, 0.5) is 0 Å². The van der Waals surface area contributed by atoms with Gasteiger partial charge in [-0.25, -0.2) is 0 Å². The fraction of sp³-hybridized carbons (Fsp3) is 0.0625. The summed E-state index contributed by atoms with van der Waals surface area (Å²) in [7, 11) is 0. The van der Waals surface area contributed by atoms with Crippen molar-refractivity contribution in [3.63, 3.8) is 0 Å². The van der Waals surface area contributed by atoms with Crippen LogP contribution >= 0.6 is 0 Å². The Bertz CT molecular complexity index is 3380. The van der Waals surface area contributed by atoms with E-state index in [0.717, 1.165) is 24.9 Å². The Morgan fingerprint density at radius 1 is 0.462 bits per heavy atom. The van der Waals surface area contributed by atoms with Crippen molar-refractivity contribution in [2.75, 3.05) is 0 Å². The van der Waals surface area contributed by atoms with Crippen molar-refractivity contribution in [3.8, 4) is 27.9 Å². The van der Waals surface area contributed by atoms with Gasteiger partial charge in [0.15, 0.2) is 0 Å². The lowest BCUT2D eigenvalue weighted by Gasteiger charge is -2.14. The number of benzene rings is 9. The zero-order valence-electron chi connectivity index (χ0n) is 35.7. The van der Waals surface area contributed by atoms with E-state index in [9.17, 15) is 0 Å². The van der Waals surface area contributed by atoms with Gasteiger partial charge >= 0.3 is 0 Å². The van der Waals surface area contributed by atoms with Gasteiger partial charge in [-0.15, -0.1) is 0 Å². The zero-order chi connectivity index (χ0) is 42.7. The van der Waals surface area contributed by atoms with Gasteiger partial charge in [-0.2, -0.15) is 0 Å². The Kier molecular flexibility index (Phi) is 11.6. The van der Waals surface area contributed by atoms with E-state index in [2.05, 4.69) is 253 Å². The number of hydrogen-bond donors (Lipinski definition) is 0. The molecule has 312 valence electrons. The molecule has 11 rings (SSSR count). The molecule has 0 N–H and O–H groups in total. The molecular formula is C64H51N. The lowest BCUT2D eigenvalue weighted by Crippen LogP contribution is -1.96. The predicted molar refractivity (Wildman–Crippen MR) is 280 cm³/mol. The van der Waals surface area contributed by atoms with E-state index in [1.54, 1.807) is 0 Å². The van der Waals surface area contributed by atoms with Gasteiger partial charge in [0.25, 0.3) is 0 Å². The van der Waals surface area contributed by atoms with Crippen molar-refractivity contribution in [1.29, 1.82) is 0 Å². The summed E-state index contributed by atoms with van der Waals surface area (Å²) < 4.78 is 2.48. The molecule has 1 aromatic heterocycles. The summed E-state index contributed by atoms with van der Waals surface area (Å²) in [5.74, 6) is 0. The van der Waals surface area contributed by atoms with Crippen LogP contribution < -0.4 is 0 Å². The first-order valence-electron chi connectivity index (χ1n) is 22.4. The number of aromatic nitrogens is 1. The number of hydrogen-bond acceptors (Lipinski definition) is 0. The van der Waals surface area contributed by atoms with Gasteiger partial charge in [0.05, 0.1) is 11.0 Å². The van der Waals surface area contributed by atoms with E-state index in [1.165, 1.54) is 99.4 Å². The van der Waals surface area contributed by atoms with Crippen LogP contribution in [0.2, 0.25) is 0 Å². The summed E-state index contributed by atoms with van der Waals surface area (Å²) in [6.45, 7) is 0. The normalized spacial score (nSPS) is 12.8. The van der Waals surface area contributed by atoms with Gasteiger partial charge in [-0.05, 0) is 122 Å². The minimum absolute atomic E-state index is 0. The summed E-state index contributed by atoms with van der Waals surface area (Å²) in [5, 5.41) is 5.11. The fourth-order valence-electron chi connectivity index (χ4n) is 9.51. The molecular weight excluding hydrogens is 783 g/mol. The summed E-state index contributed by atoms with van der Waals surface area (Å²) in [4.78, 5) is 0. The third-order valence-corrected chi connectivity index (χ3v) is 12.7.